The molecule has 0 aromatic heterocycles. The minimum absolute atomic E-state index is 0.00117. The number of nitrogens with zero attached hydrogens (tertiary/aromatic N) is 1. The van der Waals surface area contributed by atoms with Crippen molar-refractivity contribution >= 4 is 22.0 Å². The van der Waals surface area contributed by atoms with E-state index in [1.807, 2.05) is 18.2 Å². The van der Waals surface area contributed by atoms with Gasteiger partial charge in [-0.15, -0.1) is 0 Å². The Kier molecular flexibility index (Phi) is 6.00. The smallest absolute Gasteiger partial charge is 0.315 e. The van der Waals surface area contributed by atoms with Gasteiger partial charge in [-0.25, -0.2) is 4.79 Å². The molecule has 2 heterocycles. The molecule has 2 aliphatic heterocycles. The number of benzene rings is 1. The molecule has 0 radical (unpaired) electrons. The van der Waals surface area contributed by atoms with Crippen molar-refractivity contribution in [1.29, 1.82) is 0 Å². The van der Waals surface area contributed by atoms with Gasteiger partial charge >= 0.3 is 6.03 Å². The largest absolute Gasteiger partial charge is 0.493 e. The Labute approximate surface area is 152 Å². The zero-order valence-electron chi connectivity index (χ0n) is 14.2. The molecule has 2 atom stereocenters. The number of urea groups is 1. The number of rotatable bonds is 4. The molecule has 1 aromatic carbocycles. The second kappa shape index (κ2) is 8.21. The SMILES string of the molecule is C[C@@H]1CCCN(CCNC(=O)N[C@H]2CCOc3ccc(Br)cc32)C1. The summed E-state index contributed by atoms with van der Waals surface area (Å²) in [7, 11) is 0. The first-order valence-electron chi connectivity index (χ1n) is 8.81. The van der Waals surface area contributed by atoms with Gasteiger partial charge in [-0.3, -0.25) is 0 Å². The molecule has 132 valence electrons. The zero-order chi connectivity index (χ0) is 16.9. The van der Waals surface area contributed by atoms with Gasteiger partial charge in [0.15, 0.2) is 0 Å². The van der Waals surface area contributed by atoms with Crippen LogP contribution >= 0.6 is 15.9 Å². The Morgan fingerprint density at radius 1 is 1.42 bits per heavy atom. The summed E-state index contributed by atoms with van der Waals surface area (Å²) in [6.45, 7) is 6.83. The molecule has 24 heavy (non-hydrogen) atoms. The van der Waals surface area contributed by atoms with E-state index in [-0.39, 0.29) is 12.1 Å². The van der Waals surface area contributed by atoms with Gasteiger partial charge in [0, 0.05) is 36.1 Å². The first-order chi connectivity index (χ1) is 11.6. The average molecular weight is 396 g/mol. The van der Waals surface area contributed by atoms with Crippen LogP contribution in [0.5, 0.6) is 5.75 Å². The summed E-state index contributed by atoms with van der Waals surface area (Å²) in [5.74, 6) is 1.63. The summed E-state index contributed by atoms with van der Waals surface area (Å²) < 4.78 is 6.66. The Morgan fingerprint density at radius 2 is 2.29 bits per heavy atom. The molecule has 0 bridgehead atoms. The number of ether oxygens (including phenoxy) is 1. The van der Waals surface area contributed by atoms with Crippen LogP contribution in [-0.2, 0) is 0 Å². The number of hydrogen-bond donors (Lipinski definition) is 2. The van der Waals surface area contributed by atoms with Gasteiger partial charge < -0.3 is 20.3 Å². The fraction of sp³-hybridized carbons (Fsp3) is 0.611. The highest BCUT2D eigenvalue weighted by molar-refractivity contribution is 9.10. The van der Waals surface area contributed by atoms with E-state index in [1.165, 1.54) is 12.8 Å². The summed E-state index contributed by atoms with van der Waals surface area (Å²) in [5, 5.41) is 6.07. The molecule has 0 aliphatic carbocycles. The highest BCUT2D eigenvalue weighted by Crippen LogP contribution is 2.33. The first-order valence-corrected chi connectivity index (χ1v) is 9.60. The first kappa shape index (κ1) is 17.5. The summed E-state index contributed by atoms with van der Waals surface area (Å²) >= 11 is 3.49. The number of amides is 2. The second-order valence-electron chi connectivity index (χ2n) is 6.82. The lowest BCUT2D eigenvalue weighted by Gasteiger charge is -2.31. The topological polar surface area (TPSA) is 53.6 Å². The van der Waals surface area contributed by atoms with E-state index in [9.17, 15) is 4.79 Å². The number of fused-ring (bicyclic) bond motifs is 1. The van der Waals surface area contributed by atoms with E-state index in [0.29, 0.717) is 13.2 Å². The lowest BCUT2D eigenvalue weighted by molar-refractivity contribution is 0.183. The van der Waals surface area contributed by atoms with Gasteiger partial charge in [0.25, 0.3) is 0 Å². The maximum absolute atomic E-state index is 12.2. The fourth-order valence-corrected chi connectivity index (χ4v) is 3.92. The Bertz CT molecular complexity index is 581. The quantitative estimate of drug-likeness (QED) is 0.821. The summed E-state index contributed by atoms with van der Waals surface area (Å²) in [6.07, 6.45) is 3.38. The normalized spacial score (nSPS) is 23.9. The van der Waals surface area contributed by atoms with Crippen molar-refractivity contribution in [2.24, 2.45) is 5.92 Å². The summed E-state index contributed by atoms with van der Waals surface area (Å²) in [4.78, 5) is 14.7. The van der Waals surface area contributed by atoms with Crippen LogP contribution in [0.2, 0.25) is 0 Å². The highest BCUT2D eigenvalue weighted by atomic mass is 79.9. The van der Waals surface area contributed by atoms with Crippen LogP contribution in [0.25, 0.3) is 0 Å². The van der Waals surface area contributed by atoms with Crippen molar-refractivity contribution in [1.82, 2.24) is 15.5 Å². The Hall–Kier alpha value is -1.27. The Balaban J connectivity index is 1.46. The molecule has 0 unspecified atom stereocenters. The van der Waals surface area contributed by atoms with Gasteiger partial charge in [0.05, 0.1) is 12.6 Å². The monoisotopic (exact) mass is 395 g/mol. The van der Waals surface area contributed by atoms with Crippen molar-refractivity contribution in [2.75, 3.05) is 32.8 Å². The molecule has 6 heteroatoms. The van der Waals surface area contributed by atoms with Gasteiger partial charge in [0.1, 0.15) is 5.75 Å². The van der Waals surface area contributed by atoms with Crippen molar-refractivity contribution in [2.45, 2.75) is 32.2 Å². The molecule has 2 N–H and O–H groups in total. The maximum atomic E-state index is 12.2. The zero-order valence-corrected chi connectivity index (χ0v) is 15.8. The van der Waals surface area contributed by atoms with Crippen molar-refractivity contribution < 1.29 is 9.53 Å². The lowest BCUT2D eigenvalue weighted by atomic mass is 10.0. The number of nitrogens with one attached hydrogen (secondary N) is 2. The van der Waals surface area contributed by atoms with Crippen LogP contribution < -0.4 is 15.4 Å². The molecule has 2 amide bonds. The molecule has 0 spiro atoms. The van der Waals surface area contributed by atoms with Crippen LogP contribution in [0.4, 0.5) is 4.79 Å². The van der Waals surface area contributed by atoms with Crippen LogP contribution in [0, 0.1) is 5.92 Å². The third kappa shape index (κ3) is 4.63. The van der Waals surface area contributed by atoms with Crippen LogP contribution in [-0.4, -0.2) is 43.7 Å². The van der Waals surface area contributed by atoms with Gasteiger partial charge in [0.2, 0.25) is 0 Å². The summed E-state index contributed by atoms with van der Waals surface area (Å²) in [6, 6.07) is 5.83. The minimum Gasteiger partial charge on any atom is -0.493 e. The van der Waals surface area contributed by atoms with Crippen molar-refractivity contribution in [3.05, 3.63) is 28.2 Å². The molecular weight excluding hydrogens is 370 g/mol. The van der Waals surface area contributed by atoms with E-state index < -0.39 is 0 Å². The van der Waals surface area contributed by atoms with Gasteiger partial charge in [-0.1, -0.05) is 22.9 Å². The number of piperidine rings is 1. The lowest BCUT2D eigenvalue weighted by Crippen LogP contribution is -2.44. The number of likely N-dealkylation sites (tertiary alicyclic amines) is 1. The molecule has 1 saturated heterocycles. The van der Waals surface area contributed by atoms with E-state index in [0.717, 1.165) is 47.8 Å². The number of carbonyl (C=O) groups is 1. The predicted molar refractivity (Wildman–Crippen MR) is 98.4 cm³/mol. The average Bonchev–Trinajstić information content (AvgIpc) is 2.55. The number of carbonyl (C=O) groups excluding carboxylic acids is 1. The van der Waals surface area contributed by atoms with Crippen molar-refractivity contribution in [3.8, 4) is 5.75 Å². The summed E-state index contributed by atoms with van der Waals surface area (Å²) in [5.41, 5.74) is 1.04. The van der Waals surface area contributed by atoms with Crippen LogP contribution in [0.3, 0.4) is 0 Å². The third-order valence-electron chi connectivity index (χ3n) is 4.77. The van der Waals surface area contributed by atoms with Crippen LogP contribution in [0.1, 0.15) is 37.8 Å². The van der Waals surface area contributed by atoms with E-state index in [4.69, 9.17) is 4.74 Å². The molecule has 2 aliphatic rings. The number of halogens is 1. The van der Waals surface area contributed by atoms with Gasteiger partial charge in [-0.2, -0.15) is 0 Å². The molecule has 3 rings (SSSR count). The van der Waals surface area contributed by atoms with Gasteiger partial charge in [-0.05, 0) is 43.5 Å². The van der Waals surface area contributed by atoms with Crippen molar-refractivity contribution in [3.63, 3.8) is 0 Å². The number of hydrogen-bond acceptors (Lipinski definition) is 3. The third-order valence-corrected chi connectivity index (χ3v) is 5.26. The molecule has 1 aromatic rings. The maximum Gasteiger partial charge on any atom is 0.315 e. The highest BCUT2D eigenvalue weighted by Gasteiger charge is 2.23. The van der Waals surface area contributed by atoms with Crippen LogP contribution in [0.15, 0.2) is 22.7 Å². The molecule has 0 saturated carbocycles. The van der Waals surface area contributed by atoms with E-state index >= 15 is 0 Å². The molecule has 1 fully saturated rings. The second-order valence-corrected chi connectivity index (χ2v) is 7.74. The minimum atomic E-state index is -0.0992. The molecule has 5 nitrogen and oxygen atoms in total. The van der Waals surface area contributed by atoms with E-state index in [1.54, 1.807) is 0 Å². The molecular formula is C18H26BrN3O2. The standard InChI is InChI=1S/C18H26BrN3O2/c1-13-3-2-8-22(12-13)9-7-20-18(23)21-16-6-10-24-17-5-4-14(19)11-15(16)17/h4-5,11,13,16H,2-3,6-10,12H2,1H3,(H2,20,21,23)/t13-,16+/m1/s1. The fourth-order valence-electron chi connectivity index (χ4n) is 3.54. The predicted octanol–water partition coefficient (Wildman–Crippen LogP) is 3.30. The van der Waals surface area contributed by atoms with E-state index in [2.05, 4.69) is 38.4 Å². The Morgan fingerprint density at radius 3 is 3.12 bits per heavy atom.